The Kier molecular flexibility index (Phi) is 5.24. The van der Waals surface area contributed by atoms with Gasteiger partial charge < -0.3 is 10.0 Å². The summed E-state index contributed by atoms with van der Waals surface area (Å²) < 4.78 is 0. The smallest absolute Gasteiger partial charge is 0.254 e. The molecule has 0 aliphatic carbocycles. The molecule has 4 nitrogen and oxygen atoms in total. The third kappa shape index (κ3) is 3.39. The molecule has 2 aliphatic heterocycles. The lowest BCUT2D eigenvalue weighted by atomic mass is 9.72. The second kappa shape index (κ2) is 7.64. The summed E-state index contributed by atoms with van der Waals surface area (Å²) in [6.07, 6.45) is 5.76. The summed E-state index contributed by atoms with van der Waals surface area (Å²) in [6, 6.07) is 14.4. The van der Waals surface area contributed by atoms with Crippen molar-refractivity contribution in [2.75, 3.05) is 6.61 Å². The number of carbonyl (C=O) groups is 1. The van der Waals surface area contributed by atoms with Gasteiger partial charge in [0.2, 0.25) is 0 Å². The van der Waals surface area contributed by atoms with Gasteiger partial charge in [0.15, 0.2) is 0 Å². The van der Waals surface area contributed by atoms with E-state index in [0.717, 1.165) is 42.0 Å². The molecule has 1 N–H and O–H groups in total. The fraction of sp³-hybridized carbons (Fsp3) is 0.455. The van der Waals surface area contributed by atoms with Crippen molar-refractivity contribution in [2.45, 2.75) is 55.5 Å². The number of nitrogens with zero attached hydrogens (tertiary/aromatic N) is 2. The zero-order valence-electron chi connectivity index (χ0n) is 15.7. The Hall–Kier alpha value is -1.85. The number of aliphatic hydroxyl groups excluding tert-OH is 1. The normalized spacial score (nSPS) is 26.5. The van der Waals surface area contributed by atoms with E-state index in [4.69, 9.17) is 0 Å². The Morgan fingerprint density at radius 3 is 2.70 bits per heavy atom. The van der Waals surface area contributed by atoms with Crippen molar-refractivity contribution in [3.8, 4) is 0 Å². The van der Waals surface area contributed by atoms with Crippen LogP contribution in [0.3, 0.4) is 0 Å². The zero-order chi connectivity index (χ0) is 18.9. The second-order valence-electron chi connectivity index (χ2n) is 7.69. The van der Waals surface area contributed by atoms with Crippen LogP contribution >= 0.6 is 11.8 Å². The van der Waals surface area contributed by atoms with Crippen molar-refractivity contribution in [1.82, 2.24) is 9.88 Å². The first kappa shape index (κ1) is 18.5. The third-order valence-electron chi connectivity index (χ3n) is 6.33. The van der Waals surface area contributed by atoms with E-state index in [1.54, 1.807) is 18.0 Å². The summed E-state index contributed by atoms with van der Waals surface area (Å²) in [5.41, 5.74) is 1.84. The lowest BCUT2D eigenvalue weighted by Crippen LogP contribution is -2.42. The maximum Gasteiger partial charge on any atom is 0.254 e. The largest absolute Gasteiger partial charge is 0.396 e. The molecule has 2 fully saturated rings. The number of thioether (sulfide) groups is 1. The van der Waals surface area contributed by atoms with E-state index >= 15 is 0 Å². The Morgan fingerprint density at radius 2 is 2.07 bits per heavy atom. The molecule has 5 heteroatoms. The van der Waals surface area contributed by atoms with Crippen LogP contribution in [-0.2, 0) is 5.75 Å². The van der Waals surface area contributed by atoms with Gasteiger partial charge in [-0.25, -0.2) is 4.98 Å². The van der Waals surface area contributed by atoms with Crippen LogP contribution < -0.4 is 0 Å². The number of aliphatic hydroxyl groups is 1. The molecule has 2 aromatic rings. The lowest BCUT2D eigenvalue weighted by Gasteiger charge is -2.34. The number of fused-ring (bicyclic) bond motifs is 2. The Morgan fingerprint density at radius 1 is 1.26 bits per heavy atom. The molecule has 1 aromatic carbocycles. The van der Waals surface area contributed by atoms with E-state index < -0.39 is 0 Å². The summed E-state index contributed by atoms with van der Waals surface area (Å²) >= 11 is 1.70. The van der Waals surface area contributed by atoms with Crippen molar-refractivity contribution >= 4 is 17.7 Å². The predicted molar refractivity (Wildman–Crippen MR) is 108 cm³/mol. The monoisotopic (exact) mass is 382 g/mol. The van der Waals surface area contributed by atoms with Crippen LogP contribution in [0.15, 0.2) is 53.7 Å². The van der Waals surface area contributed by atoms with Crippen LogP contribution in [0.4, 0.5) is 0 Å². The van der Waals surface area contributed by atoms with E-state index in [1.165, 1.54) is 5.56 Å². The minimum atomic E-state index is -0.0994. The molecule has 142 valence electrons. The van der Waals surface area contributed by atoms with Gasteiger partial charge in [0.25, 0.3) is 5.91 Å². The van der Waals surface area contributed by atoms with E-state index in [9.17, 15) is 9.90 Å². The van der Waals surface area contributed by atoms with Crippen LogP contribution in [0, 0.1) is 5.41 Å². The molecule has 3 atom stereocenters. The van der Waals surface area contributed by atoms with Crippen molar-refractivity contribution in [2.24, 2.45) is 5.41 Å². The van der Waals surface area contributed by atoms with Crippen LogP contribution in [0.1, 0.15) is 48.5 Å². The van der Waals surface area contributed by atoms with E-state index in [-0.39, 0.29) is 30.0 Å². The minimum Gasteiger partial charge on any atom is -0.396 e. The topological polar surface area (TPSA) is 53.4 Å². The van der Waals surface area contributed by atoms with Gasteiger partial charge in [0.05, 0.1) is 11.6 Å². The Balaban J connectivity index is 1.44. The number of hydrogen-bond donors (Lipinski definition) is 1. The fourth-order valence-corrected chi connectivity index (χ4v) is 5.56. The summed E-state index contributed by atoms with van der Waals surface area (Å²) in [6.45, 7) is 2.31. The van der Waals surface area contributed by atoms with Gasteiger partial charge in [-0.05, 0) is 55.5 Å². The van der Waals surface area contributed by atoms with Crippen LogP contribution in [0.5, 0.6) is 0 Å². The molecule has 3 heterocycles. The average Bonchev–Trinajstić information content (AvgIpc) is 3.29. The summed E-state index contributed by atoms with van der Waals surface area (Å²) in [7, 11) is 0. The molecule has 2 aliphatic rings. The van der Waals surface area contributed by atoms with Crippen LogP contribution in [0.2, 0.25) is 0 Å². The Bertz CT molecular complexity index is 790. The number of benzene rings is 1. The summed E-state index contributed by atoms with van der Waals surface area (Å²) in [4.78, 5) is 19.5. The van der Waals surface area contributed by atoms with Crippen molar-refractivity contribution < 1.29 is 9.90 Å². The van der Waals surface area contributed by atoms with Crippen LogP contribution in [-0.4, -0.2) is 39.6 Å². The first-order valence-electron chi connectivity index (χ1n) is 9.73. The molecule has 0 spiro atoms. The number of carbonyl (C=O) groups excluding carboxylic acids is 1. The van der Waals surface area contributed by atoms with Gasteiger partial charge in [0.1, 0.15) is 0 Å². The highest BCUT2D eigenvalue weighted by molar-refractivity contribution is 7.98. The first-order valence-corrected chi connectivity index (χ1v) is 10.7. The highest BCUT2D eigenvalue weighted by atomic mass is 32.2. The molecule has 2 bridgehead atoms. The van der Waals surface area contributed by atoms with Crippen molar-refractivity contribution in [3.05, 3.63) is 59.8 Å². The molecule has 27 heavy (non-hydrogen) atoms. The maximum absolute atomic E-state index is 13.1. The molecule has 4 rings (SSSR count). The fourth-order valence-electron chi connectivity index (χ4n) is 4.74. The maximum atomic E-state index is 13.1. The molecular weight excluding hydrogens is 356 g/mol. The summed E-state index contributed by atoms with van der Waals surface area (Å²) in [5.74, 6) is 0.958. The Labute approximate surface area is 165 Å². The van der Waals surface area contributed by atoms with Gasteiger partial charge in [0, 0.05) is 35.0 Å². The van der Waals surface area contributed by atoms with Crippen LogP contribution in [0.25, 0.3) is 0 Å². The van der Waals surface area contributed by atoms with Gasteiger partial charge in [-0.3, -0.25) is 4.79 Å². The zero-order valence-corrected chi connectivity index (χ0v) is 16.5. The van der Waals surface area contributed by atoms with Gasteiger partial charge in [-0.15, -0.1) is 11.8 Å². The SMILES string of the molecule is CC[C@@]1(CO)C[C@@H]2CC[C@H]1N2C(=O)c1ccc(CSc2ccccn2)cc1. The highest BCUT2D eigenvalue weighted by Crippen LogP contribution is 2.51. The number of hydrogen-bond acceptors (Lipinski definition) is 4. The minimum absolute atomic E-state index is 0.0994. The molecular formula is C22H26N2O2S. The average molecular weight is 383 g/mol. The molecule has 1 aromatic heterocycles. The number of rotatable bonds is 6. The van der Waals surface area contributed by atoms with E-state index in [1.807, 2.05) is 42.5 Å². The molecule has 0 radical (unpaired) electrons. The van der Waals surface area contributed by atoms with E-state index in [2.05, 4.69) is 16.8 Å². The second-order valence-corrected chi connectivity index (χ2v) is 8.69. The quantitative estimate of drug-likeness (QED) is 0.763. The number of pyridine rings is 1. The van der Waals surface area contributed by atoms with Gasteiger partial charge in [-0.2, -0.15) is 0 Å². The number of amides is 1. The molecule has 2 saturated heterocycles. The molecule has 0 saturated carbocycles. The summed E-state index contributed by atoms with van der Waals surface area (Å²) in [5, 5.41) is 11.0. The van der Waals surface area contributed by atoms with Crippen molar-refractivity contribution in [1.29, 1.82) is 0 Å². The highest BCUT2D eigenvalue weighted by Gasteiger charge is 2.56. The van der Waals surface area contributed by atoms with Gasteiger partial charge >= 0.3 is 0 Å². The molecule has 1 amide bonds. The standard InChI is InChI=1S/C22H26N2O2S/c1-2-22(15-25)13-18-10-11-19(22)24(18)21(26)17-8-6-16(7-9-17)14-27-20-5-3-4-12-23-20/h3-9,12,18-19,25H,2,10-11,13-15H2,1H3/t18-,19+,22-/m0/s1. The third-order valence-corrected chi connectivity index (χ3v) is 7.35. The van der Waals surface area contributed by atoms with Crippen molar-refractivity contribution in [3.63, 3.8) is 0 Å². The number of aromatic nitrogens is 1. The molecule has 0 unspecified atom stereocenters. The lowest BCUT2D eigenvalue weighted by molar-refractivity contribution is 0.0557. The first-order chi connectivity index (χ1) is 13.2. The predicted octanol–water partition coefficient (Wildman–Crippen LogP) is 4.14. The van der Waals surface area contributed by atoms with Gasteiger partial charge in [-0.1, -0.05) is 25.1 Å². The van der Waals surface area contributed by atoms with E-state index in [0.29, 0.717) is 0 Å².